The van der Waals surface area contributed by atoms with Gasteiger partial charge in [0.15, 0.2) is 5.76 Å². The Kier molecular flexibility index (Phi) is 4.94. The molecule has 3 heterocycles. The van der Waals surface area contributed by atoms with Crippen LogP contribution in [0.2, 0.25) is 0 Å². The van der Waals surface area contributed by atoms with Crippen LogP contribution in [0.4, 0.5) is 4.39 Å². The second-order valence-electron chi connectivity index (χ2n) is 6.79. The topological polar surface area (TPSA) is 63.0 Å². The van der Waals surface area contributed by atoms with Crippen LogP contribution in [0.5, 0.6) is 0 Å². The maximum atomic E-state index is 13.0. The number of hydrogen-bond donors (Lipinski definition) is 0. The van der Waals surface area contributed by atoms with Gasteiger partial charge in [0, 0.05) is 38.3 Å². The lowest BCUT2D eigenvalue weighted by Gasteiger charge is -2.35. The number of halogens is 1. The van der Waals surface area contributed by atoms with Gasteiger partial charge in [-0.25, -0.2) is 4.39 Å². The van der Waals surface area contributed by atoms with Crippen molar-refractivity contribution in [2.45, 2.75) is 18.9 Å². The van der Waals surface area contributed by atoms with E-state index in [2.05, 4.69) is 0 Å². The first-order chi connectivity index (χ1) is 13.1. The second kappa shape index (κ2) is 7.52. The van der Waals surface area contributed by atoms with Gasteiger partial charge in [-0.05, 0) is 49.2 Å². The summed E-state index contributed by atoms with van der Waals surface area (Å²) < 4.78 is 24.2. The molecule has 0 aliphatic carbocycles. The van der Waals surface area contributed by atoms with Crippen LogP contribution in [0.1, 0.15) is 23.4 Å². The van der Waals surface area contributed by atoms with Crippen molar-refractivity contribution >= 4 is 11.8 Å². The number of furan rings is 1. The lowest BCUT2D eigenvalue weighted by molar-refractivity contribution is -0.142. The Morgan fingerprint density at radius 1 is 0.963 bits per heavy atom. The Morgan fingerprint density at radius 2 is 1.67 bits per heavy atom. The number of benzene rings is 1. The normalized spacial score (nSPS) is 20.1. The minimum absolute atomic E-state index is 0.0243. The summed E-state index contributed by atoms with van der Waals surface area (Å²) in [6, 6.07) is 9.26. The highest BCUT2D eigenvalue weighted by atomic mass is 19.1. The van der Waals surface area contributed by atoms with E-state index < -0.39 is 0 Å². The van der Waals surface area contributed by atoms with Crippen molar-refractivity contribution in [3.63, 3.8) is 0 Å². The standard InChI is InChI=1S/C20H21FN2O4/c21-15-5-3-14(4-6-15)16-7-8-18(27-16)20(25)23-11-9-22(10-12-23)19(24)17-2-1-13-26-17/h3-8,17H,1-2,9-13H2. The Morgan fingerprint density at radius 3 is 2.33 bits per heavy atom. The van der Waals surface area contributed by atoms with Gasteiger partial charge in [-0.3, -0.25) is 9.59 Å². The predicted octanol–water partition coefficient (Wildman–Crippen LogP) is 2.55. The van der Waals surface area contributed by atoms with Gasteiger partial charge < -0.3 is 19.0 Å². The van der Waals surface area contributed by atoms with Crippen LogP contribution in [-0.2, 0) is 9.53 Å². The minimum Gasteiger partial charge on any atom is -0.451 e. The fourth-order valence-electron chi connectivity index (χ4n) is 3.48. The van der Waals surface area contributed by atoms with Crippen molar-refractivity contribution in [2.24, 2.45) is 0 Å². The van der Waals surface area contributed by atoms with Crippen molar-refractivity contribution in [1.29, 1.82) is 0 Å². The van der Waals surface area contributed by atoms with Crippen LogP contribution in [0, 0.1) is 5.82 Å². The monoisotopic (exact) mass is 372 g/mol. The van der Waals surface area contributed by atoms with Crippen molar-refractivity contribution in [3.05, 3.63) is 48.0 Å². The molecule has 1 aromatic heterocycles. The first kappa shape index (κ1) is 17.7. The smallest absolute Gasteiger partial charge is 0.289 e. The zero-order chi connectivity index (χ0) is 18.8. The Labute approximate surface area is 156 Å². The van der Waals surface area contributed by atoms with Gasteiger partial charge in [-0.2, -0.15) is 0 Å². The number of rotatable bonds is 3. The van der Waals surface area contributed by atoms with Crippen molar-refractivity contribution in [1.82, 2.24) is 9.80 Å². The Balaban J connectivity index is 1.37. The highest BCUT2D eigenvalue weighted by Gasteiger charge is 2.32. The summed E-state index contributed by atoms with van der Waals surface area (Å²) in [7, 11) is 0. The molecule has 2 aromatic rings. The number of nitrogens with zero attached hydrogens (tertiary/aromatic N) is 2. The fraction of sp³-hybridized carbons (Fsp3) is 0.400. The van der Waals surface area contributed by atoms with Crippen LogP contribution >= 0.6 is 0 Å². The molecule has 2 aliphatic heterocycles. The summed E-state index contributed by atoms with van der Waals surface area (Å²) >= 11 is 0. The maximum absolute atomic E-state index is 13.0. The lowest BCUT2D eigenvalue weighted by Crippen LogP contribution is -2.52. The maximum Gasteiger partial charge on any atom is 0.289 e. The molecule has 2 saturated heterocycles. The van der Waals surface area contributed by atoms with Crippen LogP contribution in [0.3, 0.4) is 0 Å². The molecule has 6 nitrogen and oxygen atoms in total. The van der Waals surface area contributed by atoms with E-state index in [1.54, 1.807) is 34.1 Å². The Hall–Kier alpha value is -2.67. The lowest BCUT2D eigenvalue weighted by atomic mass is 10.2. The number of amides is 2. The fourth-order valence-corrected chi connectivity index (χ4v) is 3.48. The predicted molar refractivity (Wildman–Crippen MR) is 95.6 cm³/mol. The number of piperazine rings is 1. The molecule has 0 saturated carbocycles. The van der Waals surface area contributed by atoms with Gasteiger partial charge in [0.1, 0.15) is 17.7 Å². The van der Waals surface area contributed by atoms with E-state index >= 15 is 0 Å². The quantitative estimate of drug-likeness (QED) is 0.831. The molecule has 2 amide bonds. The second-order valence-corrected chi connectivity index (χ2v) is 6.79. The molecule has 2 aliphatic rings. The largest absolute Gasteiger partial charge is 0.451 e. The summed E-state index contributed by atoms with van der Waals surface area (Å²) in [5.74, 6) is 0.263. The highest BCUT2D eigenvalue weighted by molar-refractivity contribution is 5.92. The van der Waals surface area contributed by atoms with Crippen molar-refractivity contribution < 1.29 is 23.1 Å². The average Bonchev–Trinajstić information content (AvgIpc) is 3.40. The summed E-state index contributed by atoms with van der Waals surface area (Å²) in [6.07, 6.45) is 1.37. The van der Waals surface area contributed by atoms with Crippen LogP contribution in [0.15, 0.2) is 40.8 Å². The van der Waals surface area contributed by atoms with Gasteiger partial charge in [0.2, 0.25) is 0 Å². The summed E-state index contributed by atoms with van der Waals surface area (Å²) in [6.45, 7) is 2.56. The summed E-state index contributed by atoms with van der Waals surface area (Å²) in [4.78, 5) is 28.5. The first-order valence-corrected chi connectivity index (χ1v) is 9.17. The minimum atomic E-state index is -0.324. The molecular weight excluding hydrogens is 351 g/mol. The van der Waals surface area contributed by atoms with Gasteiger partial charge in [-0.1, -0.05) is 0 Å². The molecule has 1 atom stereocenters. The molecule has 0 N–H and O–H groups in total. The zero-order valence-electron chi connectivity index (χ0n) is 14.9. The molecular formula is C20H21FN2O4. The van der Waals surface area contributed by atoms with Crippen LogP contribution < -0.4 is 0 Å². The summed E-state index contributed by atoms with van der Waals surface area (Å²) in [5.41, 5.74) is 0.711. The first-order valence-electron chi connectivity index (χ1n) is 9.17. The molecule has 27 heavy (non-hydrogen) atoms. The number of hydrogen-bond acceptors (Lipinski definition) is 4. The van der Waals surface area contributed by atoms with E-state index in [-0.39, 0.29) is 29.5 Å². The van der Waals surface area contributed by atoms with Gasteiger partial charge in [0.05, 0.1) is 0 Å². The van der Waals surface area contributed by atoms with E-state index in [1.807, 2.05) is 0 Å². The van der Waals surface area contributed by atoms with E-state index in [4.69, 9.17) is 9.15 Å². The third kappa shape index (κ3) is 3.73. The molecule has 1 aromatic carbocycles. The van der Waals surface area contributed by atoms with Gasteiger partial charge in [0.25, 0.3) is 11.8 Å². The third-order valence-electron chi connectivity index (χ3n) is 5.03. The summed E-state index contributed by atoms with van der Waals surface area (Å²) in [5, 5.41) is 0. The average molecular weight is 372 g/mol. The molecule has 7 heteroatoms. The van der Waals surface area contributed by atoms with E-state index in [0.717, 1.165) is 12.8 Å². The van der Waals surface area contributed by atoms with Crippen LogP contribution in [-0.4, -0.2) is 60.5 Å². The van der Waals surface area contributed by atoms with E-state index in [1.165, 1.54) is 12.1 Å². The molecule has 1 unspecified atom stereocenters. The number of carbonyl (C=O) groups excluding carboxylic acids is 2. The number of ether oxygens (including phenoxy) is 1. The molecule has 2 fully saturated rings. The molecule has 0 spiro atoms. The van der Waals surface area contributed by atoms with Crippen molar-refractivity contribution in [2.75, 3.05) is 32.8 Å². The SMILES string of the molecule is O=C(c1ccc(-c2ccc(F)cc2)o1)N1CCN(C(=O)C2CCCO2)CC1. The van der Waals surface area contributed by atoms with E-state index in [0.29, 0.717) is 44.1 Å². The molecule has 0 bridgehead atoms. The van der Waals surface area contributed by atoms with Gasteiger partial charge in [-0.15, -0.1) is 0 Å². The Bertz CT molecular complexity index is 819. The van der Waals surface area contributed by atoms with Gasteiger partial charge >= 0.3 is 0 Å². The zero-order valence-corrected chi connectivity index (χ0v) is 14.9. The molecule has 142 valence electrons. The molecule has 4 rings (SSSR count). The third-order valence-corrected chi connectivity index (χ3v) is 5.03. The number of carbonyl (C=O) groups is 2. The van der Waals surface area contributed by atoms with Crippen LogP contribution in [0.25, 0.3) is 11.3 Å². The highest BCUT2D eigenvalue weighted by Crippen LogP contribution is 2.24. The van der Waals surface area contributed by atoms with Crippen molar-refractivity contribution in [3.8, 4) is 11.3 Å². The van der Waals surface area contributed by atoms with E-state index in [9.17, 15) is 14.0 Å². The molecule has 0 radical (unpaired) electrons.